The van der Waals surface area contributed by atoms with E-state index in [1.165, 1.54) is 16.9 Å². The number of benzene rings is 1. The molecule has 1 heterocycles. The first-order valence-corrected chi connectivity index (χ1v) is 7.41. The number of carbonyl (C=O) groups is 1. The minimum absolute atomic E-state index is 0.393. The number of hydrogen-bond acceptors (Lipinski definition) is 3. The van der Waals surface area contributed by atoms with E-state index in [0.29, 0.717) is 4.88 Å². The van der Waals surface area contributed by atoms with Crippen LogP contribution in [0.15, 0.2) is 40.9 Å². The molecule has 1 N–H and O–H groups in total. The Morgan fingerprint density at radius 1 is 1.26 bits per heavy atom. The molecule has 5 heteroatoms. The number of hydrogen-bond donors (Lipinski definition) is 1. The van der Waals surface area contributed by atoms with Gasteiger partial charge in [0.1, 0.15) is 4.88 Å². The van der Waals surface area contributed by atoms with Crippen LogP contribution in [0.2, 0.25) is 0 Å². The van der Waals surface area contributed by atoms with Gasteiger partial charge in [-0.2, -0.15) is 0 Å². The molecule has 0 aliphatic heterocycles. The van der Waals surface area contributed by atoms with E-state index in [0.717, 1.165) is 22.4 Å². The van der Waals surface area contributed by atoms with Gasteiger partial charge in [-0.3, -0.25) is 4.90 Å². The monoisotopic (exact) mass is 339 g/mol. The standard InChI is InChI=1S/C14H14BrNO2S/c1-16(8-10-4-2-3-5-12(10)15)9-11-6-7-13(19-11)14(17)18/h2-7H,8-9H2,1H3,(H,17,18). The average Bonchev–Trinajstić information content (AvgIpc) is 2.80. The third-order valence-corrected chi connectivity index (χ3v) is 4.53. The molecule has 0 saturated heterocycles. The average molecular weight is 340 g/mol. The van der Waals surface area contributed by atoms with Gasteiger partial charge in [-0.25, -0.2) is 4.79 Å². The van der Waals surface area contributed by atoms with Gasteiger partial charge in [0.15, 0.2) is 0 Å². The number of rotatable bonds is 5. The number of halogens is 1. The molecule has 0 radical (unpaired) electrons. The van der Waals surface area contributed by atoms with Crippen LogP contribution in [0.4, 0.5) is 0 Å². The van der Waals surface area contributed by atoms with Crippen LogP contribution in [0.3, 0.4) is 0 Å². The van der Waals surface area contributed by atoms with Crippen molar-refractivity contribution in [1.82, 2.24) is 4.90 Å². The van der Waals surface area contributed by atoms with Crippen LogP contribution in [-0.4, -0.2) is 23.0 Å². The second-order valence-corrected chi connectivity index (χ2v) is 6.36. The molecule has 100 valence electrons. The molecular formula is C14H14BrNO2S. The summed E-state index contributed by atoms with van der Waals surface area (Å²) in [6.07, 6.45) is 0. The quantitative estimate of drug-likeness (QED) is 0.899. The van der Waals surface area contributed by atoms with E-state index in [4.69, 9.17) is 5.11 Å². The van der Waals surface area contributed by atoms with Crippen LogP contribution in [0.5, 0.6) is 0 Å². The number of carboxylic acid groups (broad SMARTS) is 1. The van der Waals surface area contributed by atoms with Gasteiger partial charge in [0.25, 0.3) is 0 Å². The first-order valence-electron chi connectivity index (χ1n) is 5.80. The molecule has 0 bridgehead atoms. The van der Waals surface area contributed by atoms with Crippen molar-refractivity contribution in [3.8, 4) is 0 Å². The predicted molar refractivity (Wildman–Crippen MR) is 80.6 cm³/mol. The van der Waals surface area contributed by atoms with Gasteiger partial charge in [0, 0.05) is 22.4 Å². The van der Waals surface area contributed by atoms with E-state index in [-0.39, 0.29) is 0 Å². The molecule has 0 amide bonds. The normalized spacial score (nSPS) is 10.9. The highest BCUT2D eigenvalue weighted by molar-refractivity contribution is 9.10. The molecule has 19 heavy (non-hydrogen) atoms. The lowest BCUT2D eigenvalue weighted by Crippen LogP contribution is -2.16. The van der Waals surface area contributed by atoms with E-state index >= 15 is 0 Å². The smallest absolute Gasteiger partial charge is 0.345 e. The van der Waals surface area contributed by atoms with Gasteiger partial charge < -0.3 is 5.11 Å². The number of nitrogens with zero attached hydrogens (tertiary/aromatic N) is 1. The summed E-state index contributed by atoms with van der Waals surface area (Å²) in [5.74, 6) is -0.857. The highest BCUT2D eigenvalue weighted by atomic mass is 79.9. The minimum atomic E-state index is -0.857. The molecule has 1 aromatic heterocycles. The van der Waals surface area contributed by atoms with E-state index in [2.05, 4.69) is 26.9 Å². The summed E-state index contributed by atoms with van der Waals surface area (Å²) in [6.45, 7) is 1.57. The summed E-state index contributed by atoms with van der Waals surface area (Å²) in [7, 11) is 2.03. The fraction of sp³-hybridized carbons (Fsp3) is 0.214. The molecule has 0 unspecified atom stereocenters. The number of aromatic carboxylic acids is 1. The summed E-state index contributed by atoms with van der Waals surface area (Å²) in [4.78, 5) is 14.4. The van der Waals surface area contributed by atoms with Crippen LogP contribution < -0.4 is 0 Å². The third-order valence-electron chi connectivity index (χ3n) is 2.70. The number of carboxylic acids is 1. The zero-order valence-corrected chi connectivity index (χ0v) is 12.9. The zero-order valence-electron chi connectivity index (χ0n) is 10.5. The summed E-state index contributed by atoms with van der Waals surface area (Å²) < 4.78 is 1.10. The van der Waals surface area contributed by atoms with Crippen LogP contribution in [-0.2, 0) is 13.1 Å². The lowest BCUT2D eigenvalue weighted by atomic mass is 10.2. The Labute approximate surface area is 124 Å². The van der Waals surface area contributed by atoms with Crippen molar-refractivity contribution >= 4 is 33.2 Å². The van der Waals surface area contributed by atoms with Crippen molar-refractivity contribution < 1.29 is 9.90 Å². The second-order valence-electron chi connectivity index (χ2n) is 4.33. The van der Waals surface area contributed by atoms with E-state index in [1.54, 1.807) is 6.07 Å². The molecule has 3 nitrogen and oxygen atoms in total. The predicted octanol–water partition coefficient (Wildman–Crippen LogP) is 3.84. The first-order chi connectivity index (χ1) is 9.06. The Morgan fingerprint density at radius 2 is 2.00 bits per heavy atom. The minimum Gasteiger partial charge on any atom is -0.477 e. The summed E-state index contributed by atoms with van der Waals surface area (Å²) >= 11 is 4.86. The molecule has 0 saturated carbocycles. The van der Waals surface area contributed by atoms with Gasteiger partial charge >= 0.3 is 5.97 Å². The van der Waals surface area contributed by atoms with Crippen molar-refractivity contribution in [3.63, 3.8) is 0 Å². The summed E-state index contributed by atoms with van der Waals surface area (Å²) in [6, 6.07) is 11.7. The van der Waals surface area contributed by atoms with Gasteiger partial charge in [0.05, 0.1) is 0 Å². The Kier molecular flexibility index (Phi) is 4.74. The fourth-order valence-electron chi connectivity index (χ4n) is 1.82. The Bertz CT molecular complexity index is 582. The van der Waals surface area contributed by atoms with Crippen LogP contribution in [0, 0.1) is 0 Å². The highest BCUT2D eigenvalue weighted by Crippen LogP contribution is 2.21. The first kappa shape index (κ1) is 14.2. The maximum atomic E-state index is 10.8. The molecule has 0 aliphatic carbocycles. The molecule has 0 fully saturated rings. The lowest BCUT2D eigenvalue weighted by Gasteiger charge is -2.16. The van der Waals surface area contributed by atoms with Crippen molar-refractivity contribution in [3.05, 3.63) is 56.2 Å². The molecule has 0 spiro atoms. The zero-order chi connectivity index (χ0) is 13.8. The molecule has 0 atom stereocenters. The molecule has 2 aromatic rings. The topological polar surface area (TPSA) is 40.5 Å². The Morgan fingerprint density at radius 3 is 2.63 bits per heavy atom. The summed E-state index contributed by atoms with van der Waals surface area (Å²) in [5, 5.41) is 8.89. The Balaban J connectivity index is 1.99. The molecule has 0 aliphatic rings. The van der Waals surface area contributed by atoms with Crippen molar-refractivity contribution in [1.29, 1.82) is 0 Å². The van der Waals surface area contributed by atoms with Gasteiger partial charge in [-0.05, 0) is 30.8 Å². The van der Waals surface area contributed by atoms with Crippen LogP contribution >= 0.6 is 27.3 Å². The third kappa shape index (κ3) is 3.89. The van der Waals surface area contributed by atoms with Crippen molar-refractivity contribution in [2.24, 2.45) is 0 Å². The number of thiophene rings is 1. The molecular weight excluding hydrogens is 326 g/mol. The maximum Gasteiger partial charge on any atom is 0.345 e. The molecule has 1 aromatic carbocycles. The van der Waals surface area contributed by atoms with Crippen molar-refractivity contribution in [2.45, 2.75) is 13.1 Å². The van der Waals surface area contributed by atoms with Gasteiger partial charge in [-0.1, -0.05) is 34.1 Å². The van der Waals surface area contributed by atoms with E-state index in [1.807, 2.05) is 31.3 Å². The van der Waals surface area contributed by atoms with E-state index in [9.17, 15) is 4.79 Å². The van der Waals surface area contributed by atoms with Crippen LogP contribution in [0.1, 0.15) is 20.1 Å². The largest absolute Gasteiger partial charge is 0.477 e. The highest BCUT2D eigenvalue weighted by Gasteiger charge is 2.09. The van der Waals surface area contributed by atoms with E-state index < -0.39 is 5.97 Å². The van der Waals surface area contributed by atoms with Crippen molar-refractivity contribution in [2.75, 3.05) is 7.05 Å². The maximum absolute atomic E-state index is 10.8. The fourth-order valence-corrected chi connectivity index (χ4v) is 3.15. The SMILES string of the molecule is CN(Cc1ccc(C(=O)O)s1)Cc1ccccc1Br. The Hall–Kier alpha value is -1.17. The molecule has 2 rings (SSSR count). The lowest BCUT2D eigenvalue weighted by molar-refractivity contribution is 0.0702. The van der Waals surface area contributed by atoms with Gasteiger partial charge in [-0.15, -0.1) is 11.3 Å². The summed E-state index contributed by atoms with van der Waals surface area (Å²) in [5.41, 5.74) is 1.22. The van der Waals surface area contributed by atoms with Crippen LogP contribution in [0.25, 0.3) is 0 Å². The van der Waals surface area contributed by atoms with Gasteiger partial charge in [0.2, 0.25) is 0 Å². The second kappa shape index (κ2) is 6.32.